The predicted molar refractivity (Wildman–Crippen MR) is 131 cm³/mol. The van der Waals surface area contributed by atoms with Crippen molar-refractivity contribution in [1.82, 2.24) is 19.9 Å². The fourth-order valence-electron chi connectivity index (χ4n) is 4.10. The van der Waals surface area contributed by atoms with Crippen LogP contribution in [0.1, 0.15) is 47.6 Å². The molecule has 0 atom stereocenters. The summed E-state index contributed by atoms with van der Waals surface area (Å²) < 4.78 is 0. The third-order valence-electron chi connectivity index (χ3n) is 5.68. The molecule has 5 heterocycles. The molecule has 2 aliphatic rings. The quantitative estimate of drug-likeness (QED) is 0.174. The number of aryl methyl sites for hydroxylation is 1. The van der Waals surface area contributed by atoms with Crippen molar-refractivity contribution in [3.8, 4) is 0 Å². The molecular weight excluding hydrogens is 598 g/mol. The number of allylic oxidation sites excluding steroid dienone is 1. The van der Waals surface area contributed by atoms with E-state index in [-0.39, 0.29) is 66.8 Å². The van der Waals surface area contributed by atoms with Crippen LogP contribution in [0.15, 0.2) is 42.5 Å². The first kappa shape index (κ1) is 32.9. The van der Waals surface area contributed by atoms with Crippen LogP contribution in [-0.4, -0.2) is 42.1 Å². The zero-order chi connectivity index (χ0) is 23.7. The third-order valence-corrected chi connectivity index (χ3v) is 5.68. The van der Waals surface area contributed by atoms with Gasteiger partial charge in [0, 0.05) is 34.9 Å². The molecule has 3 aromatic heterocycles. The molecule has 0 aliphatic carbocycles. The van der Waals surface area contributed by atoms with Crippen molar-refractivity contribution in [3.63, 3.8) is 0 Å². The molecule has 0 unspecified atom stereocenters. The van der Waals surface area contributed by atoms with Crippen LogP contribution >= 0.6 is 0 Å². The minimum Gasteiger partial charge on any atom is -1.00 e. The van der Waals surface area contributed by atoms with E-state index in [9.17, 15) is 19.8 Å². The number of carbonyl (C=O) groups is 2. The number of rotatable bonds is 6. The van der Waals surface area contributed by atoms with Gasteiger partial charge in [0.1, 0.15) is 0 Å². The van der Waals surface area contributed by atoms with Gasteiger partial charge in [-0.2, -0.15) is 0 Å². The topological polar surface area (TPSA) is 132 Å². The van der Waals surface area contributed by atoms with Gasteiger partial charge in [0.25, 0.3) is 0 Å². The van der Waals surface area contributed by atoms with Crippen LogP contribution in [0.3, 0.4) is 0 Å². The summed E-state index contributed by atoms with van der Waals surface area (Å²) in [6.07, 6.45) is 6.46. The number of halogens is 3. The Morgan fingerprint density at radius 2 is 1.29 bits per heavy atom. The molecule has 200 valence electrons. The molecule has 5 rings (SSSR count). The van der Waals surface area contributed by atoms with Crippen molar-refractivity contribution in [2.75, 3.05) is 0 Å². The monoisotopic (exact) mass is 618 g/mol. The Morgan fingerprint density at radius 1 is 0.711 bits per heavy atom. The minimum atomic E-state index is -0.874. The molecule has 8 nitrogen and oxygen atoms in total. The molecule has 0 spiro atoms. The SMILES string of the molecule is O=C(O)CCC1=Cc2cc3ccc(cc4nc(cc5cc(CCC(=O)O)c(cc1n2)[nH]5)C=C4)[nH]3.[Cl-].[Cl-].[Cl-].[Co+3]. The zero-order valence-corrected chi connectivity index (χ0v) is 23.0. The number of carboxylic acids is 2. The van der Waals surface area contributed by atoms with E-state index in [2.05, 4.69) is 15.0 Å². The Labute approximate surface area is 247 Å². The summed E-state index contributed by atoms with van der Waals surface area (Å²) in [4.78, 5) is 38.5. The van der Waals surface area contributed by atoms with Crippen molar-refractivity contribution in [2.24, 2.45) is 0 Å². The number of H-pyrrole nitrogens is 2. The van der Waals surface area contributed by atoms with Gasteiger partial charge in [0.05, 0.1) is 22.8 Å². The standard InChI is InChI=1S/C26H22N4O4.3ClH.Co/c31-25(32)7-1-15-9-21-12-19-5-3-17(27-19)11-18-4-6-20(28-18)13-22-10-16(2-8-26(33)34)24(30-22)14-23(15)29-21;;;;/h3-6,9-14,27,30H,1-2,7-8H2,(H,31,32)(H,33,34);3*1H;/q;;;;+3/p-3. The summed E-state index contributed by atoms with van der Waals surface area (Å²) in [6.45, 7) is 0. The van der Waals surface area contributed by atoms with E-state index in [1.807, 2.05) is 60.7 Å². The van der Waals surface area contributed by atoms with Gasteiger partial charge in [-0.25, -0.2) is 9.97 Å². The van der Waals surface area contributed by atoms with E-state index >= 15 is 0 Å². The number of aliphatic carboxylic acids is 2. The maximum Gasteiger partial charge on any atom is 3.00 e. The van der Waals surface area contributed by atoms with Crippen LogP contribution < -0.4 is 37.2 Å². The Kier molecular flexibility index (Phi) is 12.3. The van der Waals surface area contributed by atoms with Crippen molar-refractivity contribution in [3.05, 3.63) is 70.8 Å². The van der Waals surface area contributed by atoms with Crippen LogP contribution in [0.4, 0.5) is 0 Å². The summed E-state index contributed by atoms with van der Waals surface area (Å²) in [5.74, 6) is -1.74. The first-order chi connectivity index (χ1) is 16.4. The van der Waals surface area contributed by atoms with Gasteiger partial charge in [-0.05, 0) is 84.7 Å². The van der Waals surface area contributed by atoms with Gasteiger partial charge < -0.3 is 57.4 Å². The van der Waals surface area contributed by atoms with Gasteiger partial charge in [-0.3, -0.25) is 9.59 Å². The molecule has 4 N–H and O–H groups in total. The molecule has 3 aromatic rings. The second-order valence-electron chi connectivity index (χ2n) is 8.28. The average Bonchev–Trinajstić information content (AvgIpc) is 3.55. The van der Waals surface area contributed by atoms with Gasteiger partial charge >= 0.3 is 28.7 Å². The normalized spacial score (nSPS) is 11.2. The van der Waals surface area contributed by atoms with E-state index in [1.54, 1.807) is 0 Å². The van der Waals surface area contributed by atoms with E-state index < -0.39 is 11.9 Å². The fourth-order valence-corrected chi connectivity index (χ4v) is 4.10. The number of aromatic amines is 2. The van der Waals surface area contributed by atoms with Crippen LogP contribution in [0, 0.1) is 0 Å². The smallest absolute Gasteiger partial charge is 1.00 e. The van der Waals surface area contributed by atoms with E-state index in [1.165, 1.54) is 0 Å². The van der Waals surface area contributed by atoms with E-state index in [0.717, 1.165) is 44.6 Å². The number of hydrogen-bond donors (Lipinski definition) is 4. The van der Waals surface area contributed by atoms with Crippen molar-refractivity contribution in [1.29, 1.82) is 0 Å². The first-order valence-corrected chi connectivity index (χ1v) is 10.9. The number of nitrogens with zero attached hydrogens (tertiary/aromatic N) is 2. The van der Waals surface area contributed by atoms with Gasteiger partial charge in [0.2, 0.25) is 0 Å². The average molecular weight is 620 g/mol. The molecular formula is C26H22Cl3CoN4O4. The molecule has 38 heavy (non-hydrogen) atoms. The molecule has 2 aliphatic heterocycles. The van der Waals surface area contributed by atoms with Crippen LogP contribution in [0.25, 0.3) is 45.9 Å². The summed E-state index contributed by atoms with van der Waals surface area (Å²) in [5, 5.41) is 18.4. The summed E-state index contributed by atoms with van der Waals surface area (Å²) >= 11 is 0. The fraction of sp³-hybridized carbons (Fsp3) is 0.154. The molecule has 0 aromatic carbocycles. The molecule has 0 saturated heterocycles. The Bertz CT molecular complexity index is 1550. The maximum atomic E-state index is 11.2. The van der Waals surface area contributed by atoms with Crippen LogP contribution in [-0.2, 0) is 32.8 Å². The zero-order valence-electron chi connectivity index (χ0n) is 19.7. The maximum absolute atomic E-state index is 11.2. The number of aromatic nitrogens is 4. The molecule has 0 saturated carbocycles. The van der Waals surface area contributed by atoms with Gasteiger partial charge in [-0.15, -0.1) is 0 Å². The second-order valence-corrected chi connectivity index (χ2v) is 8.28. The second kappa shape index (κ2) is 14.2. The largest absolute Gasteiger partial charge is 3.00 e. The number of nitrogens with one attached hydrogen (secondary N) is 2. The van der Waals surface area contributed by atoms with E-state index in [0.29, 0.717) is 24.2 Å². The van der Waals surface area contributed by atoms with Crippen LogP contribution in [0.5, 0.6) is 0 Å². The van der Waals surface area contributed by atoms with Crippen molar-refractivity contribution >= 4 is 57.8 Å². The molecule has 12 heteroatoms. The number of fused-ring (bicyclic) bond motifs is 8. The minimum absolute atomic E-state index is 0. The van der Waals surface area contributed by atoms with Crippen LogP contribution in [0.2, 0.25) is 0 Å². The Balaban J connectivity index is 0.00000180. The molecule has 0 fully saturated rings. The van der Waals surface area contributed by atoms with E-state index in [4.69, 9.17) is 4.98 Å². The Hall–Kier alpha value is -3.08. The molecule has 0 radical (unpaired) electrons. The third kappa shape index (κ3) is 7.96. The van der Waals surface area contributed by atoms with Crippen molar-refractivity contribution in [2.45, 2.75) is 25.7 Å². The number of hydrogen-bond acceptors (Lipinski definition) is 4. The first-order valence-electron chi connectivity index (χ1n) is 10.9. The Morgan fingerprint density at radius 3 is 1.92 bits per heavy atom. The molecule has 0 amide bonds. The predicted octanol–water partition coefficient (Wildman–Crippen LogP) is -4.08. The van der Waals surface area contributed by atoms with Gasteiger partial charge in [0.15, 0.2) is 0 Å². The summed E-state index contributed by atoms with van der Waals surface area (Å²) in [6, 6.07) is 13.5. The summed E-state index contributed by atoms with van der Waals surface area (Å²) in [7, 11) is 0. The summed E-state index contributed by atoms with van der Waals surface area (Å²) in [5.41, 5.74) is 7.98. The van der Waals surface area contributed by atoms with Crippen molar-refractivity contribution < 1.29 is 73.8 Å². The number of carboxylic acid groups (broad SMARTS) is 2. The molecule has 8 bridgehead atoms. The van der Waals surface area contributed by atoms with Gasteiger partial charge in [-0.1, -0.05) is 0 Å².